The number of halogens is 1. The van der Waals surface area contributed by atoms with E-state index in [1.54, 1.807) is 6.07 Å². The predicted octanol–water partition coefficient (Wildman–Crippen LogP) is 3.39. The van der Waals surface area contributed by atoms with Crippen molar-refractivity contribution in [3.05, 3.63) is 40.0 Å². The molecule has 3 N–H and O–H groups in total. The predicted molar refractivity (Wildman–Crippen MR) is 84.3 cm³/mol. The van der Waals surface area contributed by atoms with Gasteiger partial charge in [0.05, 0.1) is 17.1 Å². The second-order valence-corrected chi connectivity index (χ2v) is 5.35. The lowest BCUT2D eigenvalue weighted by Gasteiger charge is -2.20. The van der Waals surface area contributed by atoms with Gasteiger partial charge in [-0.1, -0.05) is 12.1 Å². The molecular weight excluding hydrogens is 355 g/mol. The number of fused-ring (bicyclic) bond motifs is 1. The van der Waals surface area contributed by atoms with Gasteiger partial charge in [0.1, 0.15) is 13.2 Å². The summed E-state index contributed by atoms with van der Waals surface area (Å²) in [6, 6.07) is 11.7. The number of rotatable bonds is 2. The van der Waals surface area contributed by atoms with Crippen LogP contribution >= 0.6 is 22.6 Å². The molecule has 0 atom stereocenters. The Hall–Kier alpha value is -1.63. The van der Waals surface area contributed by atoms with Crippen LogP contribution in [0.25, 0.3) is 0 Å². The summed E-state index contributed by atoms with van der Waals surface area (Å²) in [5.74, 6) is 1.44. The van der Waals surface area contributed by atoms with E-state index in [0.717, 1.165) is 20.7 Å². The summed E-state index contributed by atoms with van der Waals surface area (Å²) < 4.78 is 12.2. The number of ether oxygens (including phenoxy) is 2. The molecule has 0 aliphatic carbocycles. The largest absolute Gasteiger partial charge is 0.486 e. The Morgan fingerprint density at radius 2 is 1.68 bits per heavy atom. The second kappa shape index (κ2) is 5.16. The average Bonchev–Trinajstić information content (AvgIpc) is 2.42. The number of nitrogens with one attached hydrogen (secondary N) is 1. The molecule has 5 heteroatoms. The fraction of sp³-hybridized carbons (Fsp3) is 0.143. The smallest absolute Gasteiger partial charge is 0.163 e. The van der Waals surface area contributed by atoms with Gasteiger partial charge in [-0.2, -0.15) is 0 Å². The van der Waals surface area contributed by atoms with Crippen LogP contribution in [0.4, 0.5) is 17.1 Å². The number of hydrogen-bond donors (Lipinski definition) is 2. The van der Waals surface area contributed by atoms with Crippen molar-refractivity contribution >= 4 is 39.7 Å². The van der Waals surface area contributed by atoms with Gasteiger partial charge in [-0.05, 0) is 34.7 Å². The van der Waals surface area contributed by atoms with E-state index in [1.807, 2.05) is 30.3 Å². The number of benzene rings is 2. The van der Waals surface area contributed by atoms with Crippen molar-refractivity contribution in [3.8, 4) is 11.5 Å². The summed E-state index contributed by atoms with van der Waals surface area (Å²) in [5.41, 5.74) is 8.53. The van der Waals surface area contributed by atoms with Crippen LogP contribution in [0.3, 0.4) is 0 Å². The van der Waals surface area contributed by atoms with Crippen LogP contribution in [-0.4, -0.2) is 13.2 Å². The first-order valence-electron chi connectivity index (χ1n) is 5.95. The summed E-state index contributed by atoms with van der Waals surface area (Å²) >= 11 is 2.28. The summed E-state index contributed by atoms with van der Waals surface area (Å²) in [4.78, 5) is 0. The highest BCUT2D eigenvalue weighted by molar-refractivity contribution is 14.1. The fourth-order valence-electron chi connectivity index (χ4n) is 1.92. The monoisotopic (exact) mass is 368 g/mol. The molecule has 4 nitrogen and oxygen atoms in total. The lowest BCUT2D eigenvalue weighted by atomic mass is 10.2. The minimum atomic E-state index is 0.565. The number of nitrogen functional groups attached to an aromatic ring is 1. The van der Waals surface area contributed by atoms with Crippen molar-refractivity contribution in [1.29, 1.82) is 0 Å². The number of nitrogens with two attached hydrogens (primary N) is 1. The number of anilines is 3. The molecule has 1 heterocycles. The van der Waals surface area contributed by atoms with Gasteiger partial charge in [-0.25, -0.2) is 0 Å². The number of para-hydroxylation sites is 1. The molecule has 0 bridgehead atoms. The summed E-state index contributed by atoms with van der Waals surface area (Å²) in [7, 11) is 0. The Morgan fingerprint density at radius 1 is 1.00 bits per heavy atom. The van der Waals surface area contributed by atoms with Gasteiger partial charge >= 0.3 is 0 Å². The van der Waals surface area contributed by atoms with Gasteiger partial charge < -0.3 is 20.5 Å². The molecule has 19 heavy (non-hydrogen) atoms. The molecule has 0 amide bonds. The van der Waals surface area contributed by atoms with E-state index in [2.05, 4.69) is 27.9 Å². The fourth-order valence-corrected chi connectivity index (χ4v) is 2.44. The minimum absolute atomic E-state index is 0.565. The number of hydrogen-bond acceptors (Lipinski definition) is 4. The average molecular weight is 368 g/mol. The molecule has 0 spiro atoms. The molecule has 0 saturated heterocycles. The zero-order valence-corrected chi connectivity index (χ0v) is 12.3. The van der Waals surface area contributed by atoms with Gasteiger partial charge in [0, 0.05) is 15.7 Å². The lowest BCUT2D eigenvalue weighted by molar-refractivity contribution is 0.172. The van der Waals surface area contributed by atoms with Gasteiger partial charge in [0.25, 0.3) is 0 Å². The van der Waals surface area contributed by atoms with Crippen molar-refractivity contribution in [2.45, 2.75) is 0 Å². The SMILES string of the molecule is Nc1cc2c(cc1Nc1ccccc1I)OCCO2. The van der Waals surface area contributed by atoms with Gasteiger partial charge in [0.2, 0.25) is 0 Å². The molecule has 0 fully saturated rings. The maximum Gasteiger partial charge on any atom is 0.163 e. The second-order valence-electron chi connectivity index (χ2n) is 4.19. The van der Waals surface area contributed by atoms with Crippen LogP contribution in [0.2, 0.25) is 0 Å². The molecule has 1 aliphatic heterocycles. The zero-order valence-electron chi connectivity index (χ0n) is 10.2. The standard InChI is InChI=1S/C14H13IN2O2/c15-9-3-1-2-4-11(9)17-12-8-14-13(7-10(12)16)18-5-6-19-14/h1-4,7-8,17H,5-6,16H2. The van der Waals surface area contributed by atoms with E-state index in [0.29, 0.717) is 24.7 Å². The van der Waals surface area contributed by atoms with Crippen LogP contribution < -0.4 is 20.5 Å². The molecule has 0 saturated carbocycles. The molecule has 0 unspecified atom stereocenters. The Labute approximate surface area is 125 Å². The maximum absolute atomic E-state index is 6.04. The molecule has 2 aromatic rings. The minimum Gasteiger partial charge on any atom is -0.486 e. The molecule has 3 rings (SSSR count). The van der Waals surface area contributed by atoms with Gasteiger partial charge in [0.15, 0.2) is 11.5 Å². The Balaban J connectivity index is 1.95. The Kier molecular flexibility index (Phi) is 3.37. The van der Waals surface area contributed by atoms with E-state index < -0.39 is 0 Å². The van der Waals surface area contributed by atoms with E-state index in [4.69, 9.17) is 15.2 Å². The molecule has 98 valence electrons. The van der Waals surface area contributed by atoms with Crippen molar-refractivity contribution < 1.29 is 9.47 Å². The summed E-state index contributed by atoms with van der Waals surface area (Å²) in [5, 5.41) is 3.32. The molecule has 2 aromatic carbocycles. The van der Waals surface area contributed by atoms with Crippen molar-refractivity contribution in [1.82, 2.24) is 0 Å². The van der Waals surface area contributed by atoms with Gasteiger partial charge in [-0.15, -0.1) is 0 Å². The molecule has 0 radical (unpaired) electrons. The van der Waals surface area contributed by atoms with Crippen LogP contribution in [0.1, 0.15) is 0 Å². The highest BCUT2D eigenvalue weighted by atomic mass is 127. The molecular formula is C14H13IN2O2. The maximum atomic E-state index is 6.04. The van der Waals surface area contributed by atoms with E-state index in [-0.39, 0.29) is 0 Å². The van der Waals surface area contributed by atoms with Crippen molar-refractivity contribution in [3.63, 3.8) is 0 Å². The van der Waals surface area contributed by atoms with Crippen LogP contribution in [0.5, 0.6) is 11.5 Å². The quantitative estimate of drug-likeness (QED) is 0.630. The first-order valence-corrected chi connectivity index (χ1v) is 7.02. The van der Waals surface area contributed by atoms with Crippen LogP contribution in [0, 0.1) is 3.57 Å². The van der Waals surface area contributed by atoms with E-state index in [1.165, 1.54) is 0 Å². The third-order valence-electron chi connectivity index (χ3n) is 2.86. The van der Waals surface area contributed by atoms with Crippen LogP contribution in [-0.2, 0) is 0 Å². The first-order chi connectivity index (χ1) is 9.24. The van der Waals surface area contributed by atoms with E-state index in [9.17, 15) is 0 Å². The summed E-state index contributed by atoms with van der Waals surface area (Å²) in [6.45, 7) is 1.13. The lowest BCUT2D eigenvalue weighted by Crippen LogP contribution is -2.15. The highest BCUT2D eigenvalue weighted by Gasteiger charge is 2.15. The Bertz CT molecular complexity index is 616. The Morgan fingerprint density at radius 3 is 2.42 bits per heavy atom. The van der Waals surface area contributed by atoms with Gasteiger partial charge in [-0.3, -0.25) is 0 Å². The van der Waals surface area contributed by atoms with Crippen molar-refractivity contribution in [2.24, 2.45) is 0 Å². The summed E-state index contributed by atoms with van der Waals surface area (Å²) in [6.07, 6.45) is 0. The highest BCUT2D eigenvalue weighted by Crippen LogP contribution is 2.38. The third-order valence-corrected chi connectivity index (χ3v) is 3.80. The normalized spacial score (nSPS) is 13.1. The zero-order chi connectivity index (χ0) is 13.2. The van der Waals surface area contributed by atoms with Crippen molar-refractivity contribution in [2.75, 3.05) is 24.3 Å². The van der Waals surface area contributed by atoms with Crippen LogP contribution in [0.15, 0.2) is 36.4 Å². The first kappa shape index (κ1) is 12.4. The third kappa shape index (κ3) is 2.56. The van der Waals surface area contributed by atoms with E-state index >= 15 is 0 Å². The molecule has 0 aromatic heterocycles. The molecule has 1 aliphatic rings. The topological polar surface area (TPSA) is 56.5 Å².